The van der Waals surface area contributed by atoms with Gasteiger partial charge < -0.3 is 5.32 Å². The normalized spacial score (nSPS) is 16.7. The summed E-state index contributed by atoms with van der Waals surface area (Å²) in [5.41, 5.74) is 6.30. The van der Waals surface area contributed by atoms with Crippen LogP contribution in [-0.4, -0.2) is 32.3 Å². The molecule has 1 amide bonds. The zero-order chi connectivity index (χ0) is 20.2. The highest BCUT2D eigenvalue weighted by atomic mass is 16.1. The summed E-state index contributed by atoms with van der Waals surface area (Å²) in [6.07, 6.45) is 7.50. The Morgan fingerprint density at radius 1 is 1.14 bits per heavy atom. The Bertz CT molecular complexity index is 988. The second-order valence-corrected chi connectivity index (χ2v) is 7.56. The van der Waals surface area contributed by atoms with Gasteiger partial charge in [0.05, 0.1) is 11.7 Å². The molecule has 0 aliphatic carbocycles. The minimum Gasteiger partial charge on any atom is -0.326 e. The van der Waals surface area contributed by atoms with Gasteiger partial charge in [-0.3, -0.25) is 14.7 Å². The van der Waals surface area contributed by atoms with Gasteiger partial charge in [0, 0.05) is 42.8 Å². The predicted molar refractivity (Wildman–Crippen MR) is 113 cm³/mol. The first-order valence-electron chi connectivity index (χ1n) is 9.93. The monoisotopic (exact) mass is 387 g/mol. The Kier molecular flexibility index (Phi) is 5.62. The smallest absolute Gasteiger partial charge is 0.221 e. The third-order valence-corrected chi connectivity index (χ3v) is 5.23. The molecule has 1 N–H and O–H groups in total. The number of carbonyl (C=O) groups is 1. The van der Waals surface area contributed by atoms with Crippen molar-refractivity contribution in [1.29, 1.82) is 0 Å². The van der Waals surface area contributed by atoms with E-state index >= 15 is 0 Å². The van der Waals surface area contributed by atoms with Crippen molar-refractivity contribution in [3.8, 4) is 11.1 Å². The van der Waals surface area contributed by atoms with E-state index in [9.17, 15) is 4.79 Å². The molecule has 6 nitrogen and oxygen atoms in total. The van der Waals surface area contributed by atoms with Crippen LogP contribution in [-0.2, 0) is 11.3 Å². The van der Waals surface area contributed by atoms with Crippen molar-refractivity contribution in [3.05, 3.63) is 72.1 Å². The average Bonchev–Trinajstić information content (AvgIpc) is 3.17. The molecule has 3 heterocycles. The molecule has 0 radical (unpaired) electrons. The average molecular weight is 387 g/mol. The first-order chi connectivity index (χ1) is 14.1. The van der Waals surface area contributed by atoms with E-state index in [-0.39, 0.29) is 5.91 Å². The van der Waals surface area contributed by atoms with Gasteiger partial charge in [-0.25, -0.2) is 9.97 Å². The van der Waals surface area contributed by atoms with Gasteiger partial charge in [-0.05, 0) is 61.7 Å². The maximum atomic E-state index is 11.2. The Morgan fingerprint density at radius 3 is 2.62 bits per heavy atom. The van der Waals surface area contributed by atoms with Crippen molar-refractivity contribution in [2.24, 2.45) is 0 Å². The zero-order valence-corrected chi connectivity index (χ0v) is 16.8. The summed E-state index contributed by atoms with van der Waals surface area (Å²) < 4.78 is 0. The summed E-state index contributed by atoms with van der Waals surface area (Å²) in [4.78, 5) is 26.8. The summed E-state index contributed by atoms with van der Waals surface area (Å²) in [6.45, 7) is 5.48. The topological polar surface area (TPSA) is 71.0 Å². The molecule has 1 aromatic carbocycles. The van der Waals surface area contributed by atoms with Gasteiger partial charge in [0.15, 0.2) is 0 Å². The van der Waals surface area contributed by atoms with E-state index < -0.39 is 0 Å². The van der Waals surface area contributed by atoms with Crippen molar-refractivity contribution in [2.75, 3.05) is 11.9 Å². The van der Waals surface area contributed by atoms with Gasteiger partial charge >= 0.3 is 0 Å². The first kappa shape index (κ1) is 19.2. The number of nitrogens with zero attached hydrogens (tertiary/aromatic N) is 4. The Labute approximate surface area is 171 Å². The third-order valence-electron chi connectivity index (χ3n) is 5.23. The molecule has 4 rings (SSSR count). The number of likely N-dealkylation sites (tertiary alicyclic amines) is 1. The molecular formula is C23H25N5O. The van der Waals surface area contributed by atoms with E-state index in [1.165, 1.54) is 12.5 Å². The summed E-state index contributed by atoms with van der Waals surface area (Å²) in [5, 5.41) is 2.82. The molecule has 1 saturated heterocycles. The number of aryl methyl sites for hydroxylation is 1. The molecule has 1 aliphatic rings. The van der Waals surface area contributed by atoms with Crippen LogP contribution in [0.15, 0.2) is 55.1 Å². The highest BCUT2D eigenvalue weighted by Crippen LogP contribution is 2.34. The van der Waals surface area contributed by atoms with Crippen LogP contribution in [0.5, 0.6) is 0 Å². The standard InChI is InChI=1S/C23H25N5O/c1-16-10-19(20-12-24-15-25-13-20)11-22(26-16)23-4-3-9-28(23)14-18-5-7-21(8-6-18)27-17(2)29/h5-8,10-13,15,23H,3-4,9,14H2,1-2H3,(H,27,29)/t23-/m0/s1. The van der Waals surface area contributed by atoms with Gasteiger partial charge in [0.2, 0.25) is 5.91 Å². The van der Waals surface area contributed by atoms with E-state index in [1.807, 2.05) is 31.5 Å². The number of nitrogens with one attached hydrogen (secondary N) is 1. The lowest BCUT2D eigenvalue weighted by Gasteiger charge is -2.25. The van der Waals surface area contributed by atoms with Crippen LogP contribution in [0.4, 0.5) is 5.69 Å². The van der Waals surface area contributed by atoms with Crippen LogP contribution in [0.25, 0.3) is 11.1 Å². The van der Waals surface area contributed by atoms with Crippen LogP contribution in [0, 0.1) is 6.92 Å². The van der Waals surface area contributed by atoms with Crippen molar-refractivity contribution in [1.82, 2.24) is 19.9 Å². The fourth-order valence-corrected chi connectivity index (χ4v) is 3.96. The second kappa shape index (κ2) is 8.49. The SMILES string of the molecule is CC(=O)Nc1ccc(CN2CCC[C@H]2c2cc(-c3cncnc3)cc(C)n2)cc1. The minimum atomic E-state index is -0.0532. The number of hydrogen-bond acceptors (Lipinski definition) is 5. The molecule has 0 bridgehead atoms. The highest BCUT2D eigenvalue weighted by molar-refractivity contribution is 5.88. The van der Waals surface area contributed by atoms with Gasteiger partial charge in [0.25, 0.3) is 0 Å². The molecule has 1 aliphatic heterocycles. The Hall–Kier alpha value is -3.12. The number of pyridine rings is 1. The number of rotatable bonds is 5. The lowest BCUT2D eigenvalue weighted by molar-refractivity contribution is -0.114. The molecule has 1 atom stereocenters. The highest BCUT2D eigenvalue weighted by Gasteiger charge is 2.27. The number of anilines is 1. The van der Waals surface area contributed by atoms with Crippen LogP contribution >= 0.6 is 0 Å². The van der Waals surface area contributed by atoms with Crippen molar-refractivity contribution >= 4 is 11.6 Å². The molecule has 2 aromatic heterocycles. The van der Waals surface area contributed by atoms with Crippen LogP contribution in [0.1, 0.15) is 42.8 Å². The number of aromatic nitrogens is 3. The van der Waals surface area contributed by atoms with Gasteiger partial charge in [-0.2, -0.15) is 0 Å². The molecule has 0 unspecified atom stereocenters. The Morgan fingerprint density at radius 2 is 1.90 bits per heavy atom. The lowest BCUT2D eigenvalue weighted by atomic mass is 10.0. The molecule has 29 heavy (non-hydrogen) atoms. The second-order valence-electron chi connectivity index (χ2n) is 7.56. The van der Waals surface area contributed by atoms with E-state index in [4.69, 9.17) is 4.98 Å². The molecule has 148 valence electrons. The third kappa shape index (κ3) is 4.66. The fourth-order valence-electron chi connectivity index (χ4n) is 3.96. The molecule has 6 heteroatoms. The number of benzene rings is 1. The fraction of sp³-hybridized carbons (Fsp3) is 0.304. The molecule has 0 spiro atoms. The Balaban J connectivity index is 1.54. The molecule has 0 saturated carbocycles. The van der Waals surface area contributed by atoms with Crippen molar-refractivity contribution in [3.63, 3.8) is 0 Å². The maximum absolute atomic E-state index is 11.2. The summed E-state index contributed by atoms with van der Waals surface area (Å²) in [7, 11) is 0. The van der Waals surface area contributed by atoms with Crippen LogP contribution in [0.3, 0.4) is 0 Å². The summed E-state index contributed by atoms with van der Waals surface area (Å²) >= 11 is 0. The first-order valence-corrected chi connectivity index (χ1v) is 9.93. The number of amides is 1. The molecule has 3 aromatic rings. The van der Waals surface area contributed by atoms with E-state index in [1.54, 1.807) is 6.33 Å². The van der Waals surface area contributed by atoms with Crippen molar-refractivity contribution in [2.45, 2.75) is 39.3 Å². The van der Waals surface area contributed by atoms with Gasteiger partial charge in [-0.15, -0.1) is 0 Å². The van der Waals surface area contributed by atoms with Gasteiger partial charge in [0.1, 0.15) is 6.33 Å². The molecular weight excluding hydrogens is 362 g/mol. The minimum absolute atomic E-state index is 0.0532. The zero-order valence-electron chi connectivity index (χ0n) is 16.8. The van der Waals surface area contributed by atoms with E-state index in [0.29, 0.717) is 6.04 Å². The van der Waals surface area contributed by atoms with Gasteiger partial charge in [-0.1, -0.05) is 12.1 Å². The quantitative estimate of drug-likeness (QED) is 0.712. The largest absolute Gasteiger partial charge is 0.326 e. The van der Waals surface area contributed by atoms with Crippen LogP contribution in [0.2, 0.25) is 0 Å². The number of carbonyl (C=O) groups excluding carboxylic acids is 1. The predicted octanol–water partition coefficient (Wildman–Crippen LogP) is 4.14. The maximum Gasteiger partial charge on any atom is 0.221 e. The summed E-state index contributed by atoms with van der Waals surface area (Å²) in [6, 6.07) is 12.6. The molecule has 1 fully saturated rings. The van der Waals surface area contributed by atoms with Crippen LogP contribution < -0.4 is 5.32 Å². The van der Waals surface area contributed by atoms with E-state index in [2.05, 4.69) is 44.5 Å². The summed E-state index contributed by atoms with van der Waals surface area (Å²) in [5.74, 6) is -0.0532. The van der Waals surface area contributed by atoms with E-state index in [0.717, 1.165) is 54.1 Å². The lowest BCUT2D eigenvalue weighted by Crippen LogP contribution is -2.23. The number of hydrogen-bond donors (Lipinski definition) is 1. The van der Waals surface area contributed by atoms with Crippen molar-refractivity contribution < 1.29 is 4.79 Å².